The molecular weight excluding hydrogens is 574 g/mol. The topological polar surface area (TPSA) is 139 Å². The van der Waals surface area contributed by atoms with Crippen molar-refractivity contribution in [2.24, 2.45) is 7.05 Å². The van der Waals surface area contributed by atoms with E-state index in [1.165, 1.54) is 23.7 Å². The summed E-state index contributed by atoms with van der Waals surface area (Å²) in [5, 5.41) is 3.82. The lowest BCUT2D eigenvalue weighted by Crippen LogP contribution is -2.55. The molecule has 0 radical (unpaired) electrons. The predicted molar refractivity (Wildman–Crippen MR) is 128 cm³/mol. The van der Waals surface area contributed by atoms with Gasteiger partial charge in [0.15, 0.2) is 11.4 Å². The van der Waals surface area contributed by atoms with E-state index in [0.29, 0.717) is 6.92 Å². The van der Waals surface area contributed by atoms with Gasteiger partial charge in [-0.15, -0.1) is 0 Å². The first-order valence-electron chi connectivity index (χ1n) is 11.3. The number of fused-ring (bicyclic) bond motifs is 1. The van der Waals surface area contributed by atoms with Gasteiger partial charge in [0.2, 0.25) is 10.0 Å². The number of nitrogens with one attached hydrogen (secondary N) is 3. The summed E-state index contributed by atoms with van der Waals surface area (Å²) in [6.07, 6.45) is -3.63. The van der Waals surface area contributed by atoms with Crippen LogP contribution in [-0.2, 0) is 26.7 Å². The number of alkyl halides is 3. The van der Waals surface area contributed by atoms with Gasteiger partial charge in [-0.3, -0.25) is 14.4 Å². The minimum absolute atomic E-state index is 0.0217. The number of carbonyl (C=O) groups excluding carboxylic acids is 3. The van der Waals surface area contributed by atoms with Gasteiger partial charge in [-0.05, 0) is 31.5 Å². The van der Waals surface area contributed by atoms with Crippen LogP contribution in [0.25, 0.3) is 0 Å². The third-order valence-electron chi connectivity index (χ3n) is 6.30. The monoisotopic (exact) mass is 595 g/mol. The highest BCUT2D eigenvalue weighted by atomic mass is 35.5. The van der Waals surface area contributed by atoms with Gasteiger partial charge in [-0.1, -0.05) is 11.6 Å². The Balaban J connectivity index is 1.54. The van der Waals surface area contributed by atoms with Crippen LogP contribution in [0.5, 0.6) is 5.75 Å². The molecule has 17 heteroatoms. The summed E-state index contributed by atoms with van der Waals surface area (Å²) in [6.45, 7) is -0.199. The van der Waals surface area contributed by atoms with Crippen molar-refractivity contribution in [3.05, 3.63) is 40.9 Å². The maximum absolute atomic E-state index is 13.5. The van der Waals surface area contributed by atoms with Crippen LogP contribution in [0.15, 0.2) is 29.3 Å². The number of anilines is 1. The average Bonchev–Trinajstić information content (AvgIpc) is 3.37. The Morgan fingerprint density at radius 3 is 2.59 bits per heavy atom. The maximum atomic E-state index is 13.5. The molecule has 0 aliphatic carbocycles. The zero-order valence-electron chi connectivity index (χ0n) is 20.4. The van der Waals surface area contributed by atoms with Crippen molar-refractivity contribution in [3.8, 4) is 5.75 Å². The second kappa shape index (κ2) is 9.98. The van der Waals surface area contributed by atoms with E-state index < -0.39 is 51.3 Å². The Morgan fingerprint density at radius 1 is 1.26 bits per heavy atom. The lowest BCUT2D eigenvalue weighted by Gasteiger charge is -2.27. The molecule has 2 atom stereocenters. The van der Waals surface area contributed by atoms with Gasteiger partial charge in [0.25, 0.3) is 5.91 Å². The highest BCUT2D eigenvalue weighted by Gasteiger charge is 2.49. The molecule has 39 heavy (non-hydrogen) atoms. The lowest BCUT2D eigenvalue weighted by atomic mass is 10.0. The van der Waals surface area contributed by atoms with Gasteiger partial charge in [0.05, 0.1) is 10.6 Å². The Labute approximate surface area is 224 Å². The van der Waals surface area contributed by atoms with E-state index in [0.717, 1.165) is 17.2 Å². The number of likely N-dealkylation sites (tertiary alicyclic amines) is 1. The number of ether oxygens (including phenoxy) is 1. The molecular formula is C22H22ClF4N5O6S. The van der Waals surface area contributed by atoms with E-state index in [9.17, 15) is 40.4 Å². The molecule has 0 bridgehead atoms. The lowest BCUT2D eigenvalue weighted by molar-refractivity contribution is -0.162. The number of hydrogen-bond donors (Lipinski definition) is 3. The van der Waals surface area contributed by atoms with Crippen molar-refractivity contribution in [1.29, 1.82) is 0 Å². The Hall–Kier alpha value is -3.37. The summed E-state index contributed by atoms with van der Waals surface area (Å²) < 4.78 is 87.7. The van der Waals surface area contributed by atoms with Crippen LogP contribution in [0.4, 0.5) is 23.2 Å². The van der Waals surface area contributed by atoms with Gasteiger partial charge < -0.3 is 24.8 Å². The van der Waals surface area contributed by atoms with E-state index in [4.69, 9.17) is 16.3 Å². The fourth-order valence-electron chi connectivity index (χ4n) is 4.24. The van der Waals surface area contributed by atoms with Crippen molar-refractivity contribution < 1.29 is 45.1 Å². The fraction of sp³-hybridized carbons (Fsp3) is 0.409. The van der Waals surface area contributed by atoms with Crippen LogP contribution < -0.4 is 20.1 Å². The van der Waals surface area contributed by atoms with Gasteiger partial charge in [-0.2, -0.15) is 17.9 Å². The molecule has 2 aromatic rings. The molecule has 1 spiro atoms. The Kier molecular flexibility index (Phi) is 7.33. The number of rotatable bonds is 3. The number of halogens is 5. The molecule has 4 rings (SSSR count). The SMILES string of the molecule is C[C@@H](NC(=O)C(=O)N1CC[C@]2(COc3c(cn(C)c3C(=O)Nc3ccc(F)c(Cl)c3)S(=O)(=O)N2)C1)C(F)(F)F. The first kappa shape index (κ1) is 28.6. The molecule has 3 amide bonds. The summed E-state index contributed by atoms with van der Waals surface area (Å²) in [7, 11) is -2.92. The van der Waals surface area contributed by atoms with Crippen LogP contribution in [0.3, 0.4) is 0 Å². The van der Waals surface area contributed by atoms with Crippen molar-refractivity contribution >= 4 is 45.0 Å². The summed E-state index contributed by atoms with van der Waals surface area (Å²) in [4.78, 5) is 38.2. The Morgan fingerprint density at radius 2 is 1.95 bits per heavy atom. The highest BCUT2D eigenvalue weighted by Crippen LogP contribution is 2.37. The van der Waals surface area contributed by atoms with Crippen LogP contribution in [0.1, 0.15) is 23.8 Å². The first-order valence-corrected chi connectivity index (χ1v) is 13.2. The number of amides is 3. The molecule has 0 saturated carbocycles. The minimum Gasteiger partial charge on any atom is -0.488 e. The van der Waals surface area contributed by atoms with Crippen molar-refractivity contribution in [1.82, 2.24) is 19.5 Å². The fourth-order valence-corrected chi connectivity index (χ4v) is 6.03. The third kappa shape index (κ3) is 5.67. The largest absolute Gasteiger partial charge is 0.488 e. The molecule has 1 aromatic carbocycles. The van der Waals surface area contributed by atoms with E-state index in [-0.39, 0.29) is 53.2 Å². The first-order chi connectivity index (χ1) is 18.0. The summed E-state index contributed by atoms with van der Waals surface area (Å²) >= 11 is 5.75. The van der Waals surface area contributed by atoms with Crippen LogP contribution >= 0.6 is 11.6 Å². The molecule has 11 nitrogen and oxygen atoms in total. The zero-order valence-corrected chi connectivity index (χ0v) is 21.9. The smallest absolute Gasteiger partial charge is 0.408 e. The van der Waals surface area contributed by atoms with Crippen molar-refractivity contribution in [3.63, 3.8) is 0 Å². The average molecular weight is 596 g/mol. The van der Waals surface area contributed by atoms with Crippen LogP contribution in [-0.4, -0.2) is 73.1 Å². The van der Waals surface area contributed by atoms with Crippen LogP contribution in [0, 0.1) is 5.82 Å². The Bertz CT molecular complexity index is 1460. The number of aryl methyl sites for hydroxylation is 1. The molecule has 1 saturated heterocycles. The molecule has 0 unspecified atom stereocenters. The predicted octanol–water partition coefficient (Wildman–Crippen LogP) is 1.78. The highest BCUT2D eigenvalue weighted by molar-refractivity contribution is 7.89. The third-order valence-corrected chi connectivity index (χ3v) is 8.16. The van der Waals surface area contributed by atoms with Crippen molar-refractivity contribution in [2.75, 3.05) is 25.0 Å². The molecule has 1 aromatic heterocycles. The van der Waals surface area contributed by atoms with E-state index in [1.807, 2.05) is 0 Å². The zero-order chi connectivity index (χ0) is 28.9. The van der Waals surface area contributed by atoms with E-state index >= 15 is 0 Å². The number of aromatic nitrogens is 1. The number of nitrogens with zero attached hydrogens (tertiary/aromatic N) is 2. The number of carbonyl (C=O) groups is 3. The molecule has 2 aliphatic heterocycles. The molecule has 212 valence electrons. The standard InChI is InChI=1S/C22H22ClF4N5O6S/c1-11(22(25,26)27)28-19(34)20(35)32-6-5-21(9-32)10-38-17-15(39(36,37)30-21)8-31(2)16(17)18(33)29-12-3-4-14(24)13(23)7-12/h3-4,7-8,11,30H,5-6,9-10H2,1-2H3,(H,28,34)(H,29,33)/t11-,21-/m1/s1. The van der Waals surface area contributed by atoms with E-state index in [1.54, 1.807) is 5.32 Å². The van der Waals surface area contributed by atoms with E-state index in [2.05, 4.69) is 10.0 Å². The molecule has 2 aliphatic rings. The summed E-state index contributed by atoms with van der Waals surface area (Å²) in [6, 6.07) is 1.19. The second-order valence-electron chi connectivity index (χ2n) is 9.25. The van der Waals surface area contributed by atoms with Gasteiger partial charge in [0, 0.05) is 32.0 Å². The number of sulfonamides is 1. The second-order valence-corrected chi connectivity index (χ2v) is 11.3. The molecule has 3 N–H and O–H groups in total. The number of benzene rings is 1. The van der Waals surface area contributed by atoms with Crippen molar-refractivity contribution in [2.45, 2.75) is 36.0 Å². The maximum Gasteiger partial charge on any atom is 0.408 e. The quantitative estimate of drug-likeness (QED) is 0.365. The van der Waals surface area contributed by atoms with Crippen LogP contribution in [0.2, 0.25) is 5.02 Å². The summed E-state index contributed by atoms with van der Waals surface area (Å²) in [5.74, 6) is -4.52. The van der Waals surface area contributed by atoms with Gasteiger partial charge in [0.1, 0.15) is 23.4 Å². The summed E-state index contributed by atoms with van der Waals surface area (Å²) in [5.41, 5.74) is -1.47. The van der Waals surface area contributed by atoms with Gasteiger partial charge in [-0.25, -0.2) is 12.8 Å². The van der Waals surface area contributed by atoms with Gasteiger partial charge >= 0.3 is 18.0 Å². The molecule has 1 fully saturated rings. The number of hydrogen-bond acceptors (Lipinski definition) is 6. The normalized spacial score (nSPS) is 21.1. The molecule has 3 heterocycles. The minimum atomic E-state index is -4.76.